The number of imidazole rings is 1. The lowest BCUT2D eigenvalue weighted by atomic mass is 9.92. The Kier molecular flexibility index (Phi) is 2.77. The molecule has 0 radical (unpaired) electrons. The van der Waals surface area contributed by atoms with E-state index < -0.39 is 0 Å². The van der Waals surface area contributed by atoms with E-state index in [9.17, 15) is 4.79 Å². The first-order valence-electron chi connectivity index (χ1n) is 7.22. The molecular formula is C16H16N4O. The summed E-state index contributed by atoms with van der Waals surface area (Å²) < 4.78 is 0. The number of hydrogen-bond donors (Lipinski definition) is 3. The van der Waals surface area contributed by atoms with E-state index >= 15 is 0 Å². The molecule has 0 bridgehead atoms. The van der Waals surface area contributed by atoms with Gasteiger partial charge in [-0.3, -0.25) is 4.98 Å². The third-order valence-electron chi connectivity index (χ3n) is 4.05. The Bertz CT molecular complexity index is 849. The molecule has 5 heteroatoms. The molecule has 4 rings (SSSR count). The van der Waals surface area contributed by atoms with Crippen molar-refractivity contribution < 1.29 is 0 Å². The van der Waals surface area contributed by atoms with Crippen LogP contribution in [0.4, 0.5) is 5.69 Å². The standard InChI is InChI=1S/C16H16N4O/c21-16-19-12-7-6-11(9-14(12)20-16)18-13-5-1-3-10-4-2-8-17-15(10)13/h2,4,6-9,13,18H,1,3,5H2,(H2,19,20,21). The smallest absolute Gasteiger partial charge is 0.323 e. The van der Waals surface area contributed by atoms with Crippen molar-refractivity contribution in [2.75, 3.05) is 5.32 Å². The number of nitrogens with zero attached hydrogens (tertiary/aromatic N) is 1. The van der Waals surface area contributed by atoms with Crippen LogP contribution in [0.25, 0.3) is 11.0 Å². The predicted octanol–water partition coefficient (Wildman–Crippen LogP) is 2.74. The van der Waals surface area contributed by atoms with Crippen LogP contribution in [0.1, 0.15) is 30.1 Å². The van der Waals surface area contributed by atoms with Crippen LogP contribution < -0.4 is 11.0 Å². The Morgan fingerprint density at radius 2 is 2.10 bits per heavy atom. The third kappa shape index (κ3) is 2.20. The van der Waals surface area contributed by atoms with Gasteiger partial charge >= 0.3 is 5.69 Å². The SMILES string of the molecule is O=c1[nH]c2ccc(NC3CCCc4cccnc43)cc2[nH]1. The minimum Gasteiger partial charge on any atom is -0.377 e. The molecule has 1 unspecified atom stereocenters. The minimum absolute atomic E-state index is 0.174. The zero-order valence-electron chi connectivity index (χ0n) is 11.5. The highest BCUT2D eigenvalue weighted by atomic mass is 16.1. The van der Waals surface area contributed by atoms with Crippen molar-refractivity contribution in [2.45, 2.75) is 25.3 Å². The molecule has 0 amide bonds. The van der Waals surface area contributed by atoms with E-state index in [-0.39, 0.29) is 11.7 Å². The highest BCUT2D eigenvalue weighted by molar-refractivity contribution is 5.78. The van der Waals surface area contributed by atoms with Crippen molar-refractivity contribution in [2.24, 2.45) is 0 Å². The number of aromatic nitrogens is 3. The molecule has 0 saturated heterocycles. The quantitative estimate of drug-likeness (QED) is 0.675. The van der Waals surface area contributed by atoms with Gasteiger partial charge < -0.3 is 15.3 Å². The summed E-state index contributed by atoms with van der Waals surface area (Å²) in [7, 11) is 0. The van der Waals surface area contributed by atoms with Gasteiger partial charge in [0.2, 0.25) is 0 Å². The van der Waals surface area contributed by atoms with Gasteiger partial charge in [-0.05, 0) is 49.1 Å². The maximum atomic E-state index is 11.3. The monoisotopic (exact) mass is 280 g/mol. The highest BCUT2D eigenvalue weighted by Gasteiger charge is 2.21. The summed E-state index contributed by atoms with van der Waals surface area (Å²) in [6, 6.07) is 10.3. The number of anilines is 1. The lowest BCUT2D eigenvalue weighted by Crippen LogP contribution is -2.18. The van der Waals surface area contributed by atoms with Crippen LogP contribution in [-0.2, 0) is 6.42 Å². The Hall–Kier alpha value is -2.56. The molecule has 2 aromatic heterocycles. The second kappa shape index (κ2) is 4.77. The van der Waals surface area contributed by atoms with Gasteiger partial charge in [0.25, 0.3) is 0 Å². The van der Waals surface area contributed by atoms with Crippen molar-refractivity contribution >= 4 is 16.7 Å². The molecule has 106 valence electrons. The molecule has 0 aliphatic heterocycles. The molecule has 1 atom stereocenters. The Labute approximate surface area is 121 Å². The molecule has 3 aromatic rings. The average Bonchev–Trinajstić information content (AvgIpc) is 2.87. The van der Waals surface area contributed by atoms with E-state index in [2.05, 4.69) is 26.3 Å². The van der Waals surface area contributed by atoms with Crippen LogP contribution in [0, 0.1) is 0 Å². The number of pyridine rings is 1. The lowest BCUT2D eigenvalue weighted by Gasteiger charge is -2.26. The summed E-state index contributed by atoms with van der Waals surface area (Å²) in [4.78, 5) is 21.4. The van der Waals surface area contributed by atoms with Gasteiger partial charge in [-0.2, -0.15) is 0 Å². The lowest BCUT2D eigenvalue weighted by molar-refractivity contribution is 0.583. The fourth-order valence-electron chi connectivity index (χ4n) is 3.07. The molecule has 21 heavy (non-hydrogen) atoms. The van der Waals surface area contributed by atoms with E-state index in [1.165, 1.54) is 12.0 Å². The summed E-state index contributed by atoms with van der Waals surface area (Å²) in [5, 5.41) is 3.54. The van der Waals surface area contributed by atoms with Crippen LogP contribution in [0.2, 0.25) is 0 Å². The van der Waals surface area contributed by atoms with Gasteiger partial charge in [-0.15, -0.1) is 0 Å². The van der Waals surface area contributed by atoms with E-state index in [1.54, 1.807) is 0 Å². The second-order valence-corrected chi connectivity index (χ2v) is 5.48. The molecule has 0 spiro atoms. The van der Waals surface area contributed by atoms with Crippen LogP contribution in [-0.4, -0.2) is 15.0 Å². The summed E-state index contributed by atoms with van der Waals surface area (Å²) in [5.41, 5.74) is 4.95. The number of rotatable bonds is 2. The van der Waals surface area contributed by atoms with Crippen LogP contribution in [0.3, 0.4) is 0 Å². The summed E-state index contributed by atoms with van der Waals surface area (Å²) in [6.07, 6.45) is 5.20. The number of benzene rings is 1. The molecule has 0 fully saturated rings. The maximum Gasteiger partial charge on any atom is 0.323 e. The average molecular weight is 280 g/mol. The molecule has 1 aliphatic carbocycles. The van der Waals surface area contributed by atoms with Gasteiger partial charge in [0, 0.05) is 11.9 Å². The molecular weight excluding hydrogens is 264 g/mol. The van der Waals surface area contributed by atoms with Crippen molar-refractivity contribution in [3.05, 3.63) is 58.3 Å². The molecule has 1 aliphatic rings. The van der Waals surface area contributed by atoms with Gasteiger partial charge in [-0.25, -0.2) is 4.79 Å². The molecule has 2 heterocycles. The fourth-order valence-corrected chi connectivity index (χ4v) is 3.07. The van der Waals surface area contributed by atoms with E-state index in [1.807, 2.05) is 30.5 Å². The number of aryl methyl sites for hydroxylation is 1. The van der Waals surface area contributed by atoms with Crippen LogP contribution >= 0.6 is 0 Å². The van der Waals surface area contributed by atoms with Gasteiger partial charge in [0.05, 0.1) is 22.8 Å². The topological polar surface area (TPSA) is 73.6 Å². The first-order chi connectivity index (χ1) is 10.3. The predicted molar refractivity (Wildman–Crippen MR) is 82.5 cm³/mol. The van der Waals surface area contributed by atoms with Gasteiger partial charge in [0.1, 0.15) is 0 Å². The Morgan fingerprint density at radius 1 is 1.19 bits per heavy atom. The third-order valence-corrected chi connectivity index (χ3v) is 4.05. The largest absolute Gasteiger partial charge is 0.377 e. The molecule has 1 aromatic carbocycles. The van der Waals surface area contributed by atoms with Gasteiger partial charge in [-0.1, -0.05) is 6.07 Å². The molecule has 5 nitrogen and oxygen atoms in total. The second-order valence-electron chi connectivity index (χ2n) is 5.48. The van der Waals surface area contributed by atoms with Gasteiger partial charge in [0.15, 0.2) is 0 Å². The first-order valence-corrected chi connectivity index (χ1v) is 7.22. The summed E-state index contributed by atoms with van der Waals surface area (Å²) in [6.45, 7) is 0. The number of nitrogens with one attached hydrogen (secondary N) is 3. The highest BCUT2D eigenvalue weighted by Crippen LogP contribution is 2.31. The van der Waals surface area contributed by atoms with Crippen LogP contribution in [0.15, 0.2) is 41.3 Å². The summed E-state index contributed by atoms with van der Waals surface area (Å²) in [5.74, 6) is 0. The molecule has 0 saturated carbocycles. The van der Waals surface area contributed by atoms with E-state index in [4.69, 9.17) is 0 Å². The Balaban J connectivity index is 1.67. The van der Waals surface area contributed by atoms with Crippen molar-refractivity contribution in [3.8, 4) is 0 Å². The normalized spacial score (nSPS) is 17.6. The van der Waals surface area contributed by atoms with Crippen molar-refractivity contribution in [3.63, 3.8) is 0 Å². The zero-order chi connectivity index (χ0) is 14.2. The zero-order valence-corrected chi connectivity index (χ0v) is 11.5. The van der Waals surface area contributed by atoms with Crippen molar-refractivity contribution in [1.82, 2.24) is 15.0 Å². The molecule has 3 N–H and O–H groups in total. The minimum atomic E-state index is -0.174. The number of hydrogen-bond acceptors (Lipinski definition) is 3. The van der Waals surface area contributed by atoms with Crippen LogP contribution in [0.5, 0.6) is 0 Å². The first kappa shape index (κ1) is 12.2. The number of aromatic amines is 2. The van der Waals surface area contributed by atoms with E-state index in [0.29, 0.717) is 0 Å². The fraction of sp³-hybridized carbons (Fsp3) is 0.250. The number of fused-ring (bicyclic) bond motifs is 2. The maximum absolute atomic E-state index is 11.3. The van der Waals surface area contributed by atoms with Crippen molar-refractivity contribution in [1.29, 1.82) is 0 Å². The Morgan fingerprint density at radius 3 is 3.05 bits per heavy atom. The number of H-pyrrole nitrogens is 2. The summed E-state index contributed by atoms with van der Waals surface area (Å²) >= 11 is 0. The van der Waals surface area contributed by atoms with E-state index in [0.717, 1.165) is 35.3 Å².